The maximum Gasteiger partial charge on any atom is 0.254 e. The molecule has 1 aromatic carbocycles. The van der Waals surface area contributed by atoms with Crippen molar-refractivity contribution in [2.24, 2.45) is 17.6 Å². The van der Waals surface area contributed by atoms with Gasteiger partial charge in [-0.2, -0.15) is 18.5 Å². The van der Waals surface area contributed by atoms with Gasteiger partial charge in [0, 0.05) is 24.0 Å². The number of carbonyl (C=O) groups excluding carboxylic acids is 1. The van der Waals surface area contributed by atoms with E-state index in [1.54, 1.807) is 0 Å². The molecule has 1 aliphatic heterocycles. The molecule has 1 amide bonds. The number of benzene rings is 1. The highest BCUT2D eigenvalue weighted by Crippen LogP contribution is 2.58. The summed E-state index contributed by atoms with van der Waals surface area (Å²) in [7, 11) is 0. The second kappa shape index (κ2) is 8.72. The van der Waals surface area contributed by atoms with E-state index in [0.717, 1.165) is 43.5 Å². The zero-order valence-electron chi connectivity index (χ0n) is 19.4. The number of nitrogens with zero attached hydrogens (tertiary/aromatic N) is 2. The molecule has 0 radical (unpaired) electrons. The van der Waals surface area contributed by atoms with Crippen molar-refractivity contribution in [1.29, 1.82) is 0 Å². The molecule has 4 fully saturated rings. The van der Waals surface area contributed by atoms with Gasteiger partial charge in [-0.3, -0.25) is 4.79 Å². The fraction of sp³-hybridized carbons (Fsp3) is 0.542. The molecule has 11 heteroatoms. The quantitative estimate of drug-likeness (QED) is 0.362. The SMILES string of the molecule is NC(=O)c1cnc(Nc2ccc3c(c2)NC[C@H](O)CO3)nc1NC12CC3CC(CC(O)(C3)C1)C2.S. The van der Waals surface area contributed by atoms with Crippen molar-refractivity contribution in [3.63, 3.8) is 0 Å². The van der Waals surface area contributed by atoms with Gasteiger partial charge in [-0.05, 0) is 68.6 Å². The monoisotopic (exact) mass is 500 g/mol. The lowest BCUT2D eigenvalue weighted by atomic mass is 9.51. The minimum Gasteiger partial charge on any atom is -0.489 e. The molecule has 7 rings (SSSR count). The van der Waals surface area contributed by atoms with Crippen LogP contribution in [0.3, 0.4) is 0 Å². The third kappa shape index (κ3) is 4.60. The molecule has 5 aliphatic rings. The Bertz CT molecular complexity index is 1130. The van der Waals surface area contributed by atoms with E-state index in [1.807, 2.05) is 18.2 Å². The highest BCUT2D eigenvalue weighted by Gasteiger charge is 2.57. The summed E-state index contributed by atoms with van der Waals surface area (Å²) in [5.41, 5.74) is 6.44. The first-order valence-corrected chi connectivity index (χ1v) is 11.9. The molecular weight excluding hydrogens is 468 g/mol. The van der Waals surface area contributed by atoms with Gasteiger partial charge in [0.15, 0.2) is 0 Å². The Morgan fingerprint density at radius 2 is 2.00 bits per heavy atom. The molecule has 4 saturated carbocycles. The molecule has 1 aromatic heterocycles. The highest BCUT2D eigenvalue weighted by molar-refractivity contribution is 7.59. The third-order valence-electron chi connectivity index (χ3n) is 7.66. The minimum atomic E-state index is -0.636. The number of nitrogens with two attached hydrogens (primary N) is 1. The number of carbonyl (C=O) groups is 1. The number of hydrogen-bond acceptors (Lipinski definition) is 9. The summed E-state index contributed by atoms with van der Waals surface area (Å²) in [5, 5.41) is 30.8. The summed E-state index contributed by atoms with van der Waals surface area (Å²) in [6.07, 6.45) is 6.32. The van der Waals surface area contributed by atoms with Gasteiger partial charge >= 0.3 is 0 Å². The number of β-amino-alcohol motifs (C(OH)–C–C–N with tert-alkyl or cyclic N) is 1. The molecule has 4 bridgehead atoms. The second-order valence-electron chi connectivity index (χ2n) is 10.6. The summed E-state index contributed by atoms with van der Waals surface area (Å²) in [5.74, 6) is 1.77. The maximum atomic E-state index is 12.1. The number of amides is 1. The van der Waals surface area contributed by atoms with Gasteiger partial charge in [-0.1, -0.05) is 0 Å². The van der Waals surface area contributed by atoms with Gasteiger partial charge in [0.25, 0.3) is 5.91 Å². The number of aromatic nitrogens is 2. The van der Waals surface area contributed by atoms with Crippen molar-refractivity contribution in [3.8, 4) is 5.75 Å². The average molecular weight is 501 g/mol. The van der Waals surface area contributed by atoms with Crippen molar-refractivity contribution in [2.45, 2.75) is 55.8 Å². The van der Waals surface area contributed by atoms with Crippen LogP contribution in [0.2, 0.25) is 0 Å². The minimum absolute atomic E-state index is 0. The number of rotatable bonds is 5. The van der Waals surface area contributed by atoms with Crippen molar-refractivity contribution < 1.29 is 19.7 Å². The molecule has 4 aliphatic carbocycles. The molecule has 2 unspecified atom stereocenters. The van der Waals surface area contributed by atoms with Crippen molar-refractivity contribution in [3.05, 3.63) is 30.0 Å². The van der Waals surface area contributed by atoms with Gasteiger partial charge in [-0.15, -0.1) is 0 Å². The number of fused-ring (bicyclic) bond motifs is 1. The molecule has 0 saturated heterocycles. The van der Waals surface area contributed by atoms with Crippen LogP contribution in [0, 0.1) is 11.8 Å². The summed E-state index contributed by atoms with van der Waals surface area (Å²) in [6.45, 7) is 0.628. The standard InChI is InChI=1S/C24H30N6O4.H2S/c25-20(32)17-10-27-22(28-15-1-2-19-18(4-15)26-9-16(31)11-34-19)29-21(17)30-23-5-13-3-14(6-23)8-24(33,7-13)12-23;/h1-2,4,10,13-14,16,26,31,33H,3,5-9,11-12H2,(H2,25,32)(H2,27,28,29,30);1H2/t13?,14?,16-,23?,24?;/m0./s1. The largest absolute Gasteiger partial charge is 0.489 e. The third-order valence-corrected chi connectivity index (χ3v) is 7.66. The Morgan fingerprint density at radius 1 is 1.23 bits per heavy atom. The fourth-order valence-corrected chi connectivity index (χ4v) is 6.80. The summed E-state index contributed by atoms with van der Waals surface area (Å²) < 4.78 is 5.62. The predicted molar refractivity (Wildman–Crippen MR) is 137 cm³/mol. The van der Waals surface area contributed by atoms with Gasteiger partial charge < -0.3 is 36.6 Å². The zero-order valence-corrected chi connectivity index (χ0v) is 20.4. The number of hydrogen-bond donors (Lipinski definition) is 6. The van der Waals surface area contributed by atoms with Crippen LogP contribution in [0.4, 0.5) is 23.1 Å². The average Bonchev–Trinajstić information content (AvgIpc) is 2.93. The Labute approximate surface area is 210 Å². The first-order valence-electron chi connectivity index (χ1n) is 11.9. The first-order chi connectivity index (χ1) is 16.3. The van der Waals surface area contributed by atoms with Crippen molar-refractivity contribution >= 4 is 42.5 Å². The van der Waals surface area contributed by atoms with Crippen molar-refractivity contribution in [1.82, 2.24) is 9.97 Å². The molecular formula is C24H32N6O4S. The van der Waals surface area contributed by atoms with Gasteiger partial charge in [0.1, 0.15) is 24.3 Å². The zero-order chi connectivity index (χ0) is 23.5. The van der Waals surface area contributed by atoms with Crippen LogP contribution in [-0.4, -0.2) is 56.5 Å². The summed E-state index contributed by atoms with van der Waals surface area (Å²) in [6, 6.07) is 5.52. The molecule has 10 nitrogen and oxygen atoms in total. The van der Waals surface area contributed by atoms with Gasteiger partial charge in [0.2, 0.25) is 5.95 Å². The lowest BCUT2D eigenvalue weighted by Gasteiger charge is -2.60. The number of aliphatic hydroxyl groups is 2. The molecule has 0 spiro atoms. The number of ether oxygens (including phenoxy) is 1. The Hall–Kier alpha value is -2.76. The Morgan fingerprint density at radius 3 is 2.71 bits per heavy atom. The molecule has 7 N–H and O–H groups in total. The molecule has 35 heavy (non-hydrogen) atoms. The van der Waals surface area contributed by atoms with E-state index in [2.05, 4.69) is 25.9 Å². The van der Waals surface area contributed by atoms with Crippen LogP contribution in [0.1, 0.15) is 48.9 Å². The molecule has 2 aromatic rings. The highest BCUT2D eigenvalue weighted by atomic mass is 32.1. The van der Waals surface area contributed by atoms with Crippen LogP contribution in [0.5, 0.6) is 5.75 Å². The number of nitrogens with one attached hydrogen (secondary N) is 3. The Kier molecular flexibility index (Phi) is 5.97. The fourth-order valence-electron chi connectivity index (χ4n) is 6.80. The van der Waals surface area contributed by atoms with Gasteiger partial charge in [0.05, 0.1) is 16.9 Å². The molecule has 2 heterocycles. The lowest BCUT2D eigenvalue weighted by Crippen LogP contribution is -2.62. The van der Waals surface area contributed by atoms with Crippen LogP contribution in [-0.2, 0) is 0 Å². The first kappa shape index (κ1) is 24.0. The molecule has 188 valence electrons. The van der Waals surface area contributed by atoms with Crippen LogP contribution < -0.4 is 26.4 Å². The summed E-state index contributed by atoms with van der Waals surface area (Å²) >= 11 is 0. The van der Waals surface area contributed by atoms with Crippen molar-refractivity contribution in [2.75, 3.05) is 29.1 Å². The Balaban J connectivity index is 0.00000253. The van der Waals surface area contributed by atoms with Gasteiger partial charge in [-0.25, -0.2) is 4.98 Å². The van der Waals surface area contributed by atoms with E-state index >= 15 is 0 Å². The van der Waals surface area contributed by atoms with Crippen LogP contribution >= 0.6 is 13.5 Å². The number of primary amides is 1. The molecule has 3 atom stereocenters. The van der Waals surface area contributed by atoms with E-state index < -0.39 is 17.6 Å². The van der Waals surface area contributed by atoms with Crippen LogP contribution in [0.25, 0.3) is 0 Å². The van der Waals surface area contributed by atoms with E-state index in [1.165, 1.54) is 6.20 Å². The number of anilines is 4. The summed E-state index contributed by atoms with van der Waals surface area (Å²) in [4.78, 5) is 21.1. The van der Waals surface area contributed by atoms with Crippen LogP contribution in [0.15, 0.2) is 24.4 Å². The second-order valence-corrected chi connectivity index (χ2v) is 10.6. The van der Waals surface area contributed by atoms with E-state index in [4.69, 9.17) is 10.5 Å². The smallest absolute Gasteiger partial charge is 0.254 e. The van der Waals surface area contributed by atoms with E-state index in [-0.39, 0.29) is 31.2 Å². The maximum absolute atomic E-state index is 12.1. The topological polar surface area (TPSA) is 155 Å². The predicted octanol–water partition coefficient (Wildman–Crippen LogP) is 2.09. The van der Waals surface area contributed by atoms with E-state index in [0.29, 0.717) is 42.3 Å². The lowest BCUT2D eigenvalue weighted by molar-refractivity contribution is -0.127. The normalized spacial score (nSPS) is 32.3. The number of aliphatic hydroxyl groups excluding tert-OH is 1. The van der Waals surface area contributed by atoms with E-state index in [9.17, 15) is 15.0 Å².